The van der Waals surface area contributed by atoms with E-state index in [0.29, 0.717) is 28.0 Å². The van der Waals surface area contributed by atoms with Crippen molar-refractivity contribution in [3.05, 3.63) is 23.5 Å². The fourth-order valence-electron chi connectivity index (χ4n) is 2.04. The number of aromatic hydroxyl groups is 1. The standard InChI is InChI=1S/C15H18O5/c1-5-18-15(17)14-9(4)20-12-7-13(19-8(2)3)11(16)6-10(12)14/h6-8,16H,5H2,1-4H3. The van der Waals surface area contributed by atoms with Crippen LogP contribution in [0.4, 0.5) is 0 Å². The fourth-order valence-corrected chi connectivity index (χ4v) is 2.04. The number of phenolic OH excluding ortho intramolecular Hbond substituents is 1. The number of esters is 1. The molecule has 1 aromatic carbocycles. The lowest BCUT2D eigenvalue weighted by molar-refractivity contribution is 0.0526. The number of aryl methyl sites for hydroxylation is 1. The highest BCUT2D eigenvalue weighted by molar-refractivity contribution is 6.05. The van der Waals surface area contributed by atoms with Crippen LogP contribution in [0.5, 0.6) is 11.5 Å². The first kappa shape index (κ1) is 14.2. The maximum Gasteiger partial charge on any atom is 0.342 e. The first-order valence-corrected chi connectivity index (χ1v) is 6.54. The van der Waals surface area contributed by atoms with Crippen molar-refractivity contribution in [3.8, 4) is 11.5 Å². The molecule has 0 aliphatic rings. The van der Waals surface area contributed by atoms with Gasteiger partial charge in [0.05, 0.1) is 12.7 Å². The highest BCUT2D eigenvalue weighted by Gasteiger charge is 2.21. The number of benzene rings is 1. The van der Waals surface area contributed by atoms with Crippen molar-refractivity contribution in [1.82, 2.24) is 0 Å². The molecule has 0 radical (unpaired) electrons. The van der Waals surface area contributed by atoms with Crippen molar-refractivity contribution in [2.45, 2.75) is 33.8 Å². The van der Waals surface area contributed by atoms with Gasteiger partial charge in [-0.1, -0.05) is 0 Å². The van der Waals surface area contributed by atoms with Gasteiger partial charge in [-0.15, -0.1) is 0 Å². The molecule has 108 valence electrons. The van der Waals surface area contributed by atoms with Crippen LogP contribution in [-0.4, -0.2) is 23.8 Å². The molecule has 1 heterocycles. The Kier molecular flexibility index (Phi) is 3.88. The summed E-state index contributed by atoms with van der Waals surface area (Å²) in [6.07, 6.45) is -0.0704. The van der Waals surface area contributed by atoms with Gasteiger partial charge < -0.3 is 19.0 Å². The first-order valence-electron chi connectivity index (χ1n) is 6.54. The second-order valence-electron chi connectivity index (χ2n) is 4.74. The number of rotatable bonds is 4. The molecule has 0 saturated heterocycles. The third kappa shape index (κ3) is 2.57. The van der Waals surface area contributed by atoms with Crippen molar-refractivity contribution >= 4 is 16.9 Å². The number of ether oxygens (including phenoxy) is 2. The summed E-state index contributed by atoms with van der Waals surface area (Å²) in [5.41, 5.74) is 0.826. The maximum atomic E-state index is 11.9. The van der Waals surface area contributed by atoms with Crippen LogP contribution < -0.4 is 4.74 Å². The molecule has 5 heteroatoms. The van der Waals surface area contributed by atoms with Gasteiger partial charge in [0.15, 0.2) is 11.5 Å². The summed E-state index contributed by atoms with van der Waals surface area (Å²) in [6, 6.07) is 3.05. The maximum absolute atomic E-state index is 11.9. The monoisotopic (exact) mass is 278 g/mol. The van der Waals surface area contributed by atoms with E-state index in [9.17, 15) is 9.90 Å². The molecule has 1 aromatic heterocycles. The van der Waals surface area contributed by atoms with Gasteiger partial charge in [-0.3, -0.25) is 0 Å². The number of phenols is 1. The lowest BCUT2D eigenvalue weighted by Crippen LogP contribution is -2.06. The Hall–Kier alpha value is -2.17. The van der Waals surface area contributed by atoms with E-state index in [2.05, 4.69) is 0 Å². The molecule has 2 aromatic rings. The van der Waals surface area contributed by atoms with E-state index in [-0.39, 0.29) is 18.5 Å². The minimum absolute atomic E-state index is 0.0300. The second kappa shape index (κ2) is 5.45. The normalized spacial score (nSPS) is 11.1. The Morgan fingerprint density at radius 1 is 1.40 bits per heavy atom. The summed E-state index contributed by atoms with van der Waals surface area (Å²) >= 11 is 0. The van der Waals surface area contributed by atoms with Crippen molar-refractivity contribution in [2.75, 3.05) is 6.61 Å². The molecule has 0 unspecified atom stereocenters. The SMILES string of the molecule is CCOC(=O)c1c(C)oc2cc(OC(C)C)c(O)cc12. The molecule has 0 aliphatic carbocycles. The Morgan fingerprint density at radius 2 is 2.10 bits per heavy atom. The summed E-state index contributed by atoms with van der Waals surface area (Å²) < 4.78 is 16.0. The van der Waals surface area contributed by atoms with Gasteiger partial charge in [-0.2, -0.15) is 0 Å². The van der Waals surface area contributed by atoms with Crippen LogP contribution in [0.25, 0.3) is 11.0 Å². The second-order valence-corrected chi connectivity index (χ2v) is 4.74. The summed E-state index contributed by atoms with van der Waals surface area (Å²) in [4.78, 5) is 11.9. The van der Waals surface area contributed by atoms with Crippen molar-refractivity contribution in [3.63, 3.8) is 0 Å². The lowest BCUT2D eigenvalue weighted by atomic mass is 10.1. The minimum atomic E-state index is -0.458. The van der Waals surface area contributed by atoms with Gasteiger partial charge in [0.1, 0.15) is 16.9 Å². The van der Waals surface area contributed by atoms with E-state index >= 15 is 0 Å². The zero-order valence-electron chi connectivity index (χ0n) is 12.0. The molecular formula is C15H18O5. The smallest absolute Gasteiger partial charge is 0.342 e. The number of hydrogen-bond donors (Lipinski definition) is 1. The molecule has 0 fully saturated rings. The molecular weight excluding hydrogens is 260 g/mol. The third-order valence-corrected chi connectivity index (χ3v) is 2.79. The zero-order valence-corrected chi connectivity index (χ0v) is 12.0. The van der Waals surface area contributed by atoms with Gasteiger partial charge >= 0.3 is 5.97 Å². The summed E-state index contributed by atoms with van der Waals surface area (Å²) in [5.74, 6) is 0.300. The van der Waals surface area contributed by atoms with Crippen molar-refractivity contribution in [1.29, 1.82) is 0 Å². The summed E-state index contributed by atoms with van der Waals surface area (Å²) in [5, 5.41) is 10.5. The predicted molar refractivity (Wildman–Crippen MR) is 74.3 cm³/mol. The van der Waals surface area contributed by atoms with E-state index in [1.54, 1.807) is 19.9 Å². The first-order chi connectivity index (χ1) is 9.43. The van der Waals surface area contributed by atoms with E-state index in [1.807, 2.05) is 13.8 Å². The van der Waals surface area contributed by atoms with Gasteiger partial charge in [0.2, 0.25) is 0 Å². The number of fused-ring (bicyclic) bond motifs is 1. The zero-order chi connectivity index (χ0) is 14.9. The fraction of sp³-hybridized carbons (Fsp3) is 0.400. The highest BCUT2D eigenvalue weighted by atomic mass is 16.5. The Bertz CT molecular complexity index is 639. The van der Waals surface area contributed by atoms with E-state index < -0.39 is 5.97 Å². The van der Waals surface area contributed by atoms with Crippen LogP contribution in [0.2, 0.25) is 0 Å². The van der Waals surface area contributed by atoms with Crippen molar-refractivity contribution < 1.29 is 23.8 Å². The molecule has 2 rings (SSSR count). The Labute approximate surface area is 117 Å². The molecule has 0 bridgehead atoms. The molecule has 0 spiro atoms. The van der Waals surface area contributed by atoms with Crippen LogP contribution in [0.1, 0.15) is 36.9 Å². The predicted octanol–water partition coefficient (Wildman–Crippen LogP) is 3.41. The van der Waals surface area contributed by atoms with Crippen LogP contribution >= 0.6 is 0 Å². The average Bonchev–Trinajstić information content (AvgIpc) is 2.64. The molecule has 5 nitrogen and oxygen atoms in total. The van der Waals surface area contributed by atoms with Crippen LogP contribution in [-0.2, 0) is 4.74 Å². The third-order valence-electron chi connectivity index (χ3n) is 2.79. The number of carbonyl (C=O) groups is 1. The van der Waals surface area contributed by atoms with Gasteiger partial charge in [-0.25, -0.2) is 4.79 Å². The molecule has 20 heavy (non-hydrogen) atoms. The molecule has 1 N–H and O–H groups in total. The number of furan rings is 1. The highest BCUT2D eigenvalue weighted by Crippen LogP contribution is 2.36. The quantitative estimate of drug-likeness (QED) is 0.868. The Balaban J connectivity index is 2.55. The van der Waals surface area contributed by atoms with Gasteiger partial charge in [0.25, 0.3) is 0 Å². The van der Waals surface area contributed by atoms with E-state index in [0.717, 1.165) is 0 Å². The van der Waals surface area contributed by atoms with Crippen molar-refractivity contribution in [2.24, 2.45) is 0 Å². The Morgan fingerprint density at radius 3 is 2.70 bits per heavy atom. The van der Waals surface area contributed by atoms with E-state index in [4.69, 9.17) is 13.9 Å². The number of carbonyl (C=O) groups excluding carboxylic acids is 1. The van der Waals surface area contributed by atoms with Crippen LogP contribution in [0.15, 0.2) is 16.5 Å². The van der Waals surface area contributed by atoms with Gasteiger partial charge in [0, 0.05) is 11.5 Å². The van der Waals surface area contributed by atoms with Crippen LogP contribution in [0, 0.1) is 6.92 Å². The molecule has 0 saturated carbocycles. The van der Waals surface area contributed by atoms with E-state index in [1.165, 1.54) is 6.07 Å². The largest absolute Gasteiger partial charge is 0.504 e. The average molecular weight is 278 g/mol. The minimum Gasteiger partial charge on any atom is -0.504 e. The summed E-state index contributed by atoms with van der Waals surface area (Å²) in [7, 11) is 0. The summed E-state index contributed by atoms with van der Waals surface area (Å²) in [6.45, 7) is 7.43. The molecule has 0 amide bonds. The topological polar surface area (TPSA) is 68.9 Å². The van der Waals surface area contributed by atoms with Gasteiger partial charge in [-0.05, 0) is 33.8 Å². The number of hydrogen-bond acceptors (Lipinski definition) is 5. The molecule has 0 atom stereocenters. The molecule has 0 aliphatic heterocycles. The lowest BCUT2D eigenvalue weighted by Gasteiger charge is -2.11. The van der Waals surface area contributed by atoms with Crippen LogP contribution in [0.3, 0.4) is 0 Å².